The van der Waals surface area contributed by atoms with E-state index < -0.39 is 15.8 Å². The lowest BCUT2D eigenvalue weighted by Crippen LogP contribution is -2.38. The van der Waals surface area contributed by atoms with Crippen LogP contribution in [-0.4, -0.2) is 38.9 Å². The Morgan fingerprint density at radius 3 is 2.74 bits per heavy atom. The zero-order chi connectivity index (χ0) is 13.3. The van der Waals surface area contributed by atoms with Crippen molar-refractivity contribution in [2.45, 2.75) is 17.4 Å². The highest BCUT2D eigenvalue weighted by Crippen LogP contribution is 2.26. The molecule has 0 aliphatic carbocycles. The number of halogens is 3. The molecule has 8 heteroatoms. The van der Waals surface area contributed by atoms with Gasteiger partial charge in [-0.2, -0.15) is 4.31 Å². The fraction of sp³-hybridized carbons (Fsp3) is 0.455. The van der Waals surface area contributed by atoms with Crippen LogP contribution in [0, 0.1) is 5.82 Å². The van der Waals surface area contributed by atoms with E-state index in [1.807, 2.05) is 0 Å². The van der Waals surface area contributed by atoms with Crippen molar-refractivity contribution in [3.63, 3.8) is 0 Å². The number of hydrogen-bond donors (Lipinski definition) is 1. The van der Waals surface area contributed by atoms with Gasteiger partial charge in [0, 0.05) is 19.6 Å². The Bertz CT molecular complexity index is 550. The van der Waals surface area contributed by atoms with Crippen LogP contribution >= 0.6 is 28.3 Å². The molecule has 0 amide bonds. The van der Waals surface area contributed by atoms with Crippen molar-refractivity contribution in [2.24, 2.45) is 0 Å². The van der Waals surface area contributed by atoms with Crippen molar-refractivity contribution in [1.29, 1.82) is 0 Å². The minimum absolute atomic E-state index is 0. The first-order valence-corrected chi connectivity index (χ1v) is 7.80. The highest BCUT2D eigenvalue weighted by molar-refractivity contribution is 9.10. The van der Waals surface area contributed by atoms with Gasteiger partial charge in [0.2, 0.25) is 10.0 Å². The number of nitrogens with one attached hydrogen (secondary N) is 1. The van der Waals surface area contributed by atoms with Gasteiger partial charge in [-0.3, -0.25) is 0 Å². The summed E-state index contributed by atoms with van der Waals surface area (Å²) in [6.07, 6.45) is 0.741. The van der Waals surface area contributed by atoms with E-state index in [4.69, 9.17) is 0 Å². The van der Waals surface area contributed by atoms with Gasteiger partial charge in [0.05, 0.1) is 4.47 Å². The minimum atomic E-state index is -3.79. The van der Waals surface area contributed by atoms with E-state index in [9.17, 15) is 12.8 Å². The Morgan fingerprint density at radius 2 is 2.16 bits per heavy atom. The zero-order valence-corrected chi connectivity index (χ0v) is 13.5. The monoisotopic (exact) mass is 372 g/mol. The van der Waals surface area contributed by atoms with Crippen molar-refractivity contribution >= 4 is 38.4 Å². The molecule has 1 aliphatic rings. The molecule has 4 nitrogen and oxygen atoms in total. The van der Waals surface area contributed by atoms with Gasteiger partial charge < -0.3 is 5.32 Å². The lowest BCUT2D eigenvalue weighted by Gasteiger charge is -2.23. The number of hydrogen-bond acceptors (Lipinski definition) is 3. The van der Waals surface area contributed by atoms with Crippen LogP contribution in [0.3, 0.4) is 0 Å². The maximum Gasteiger partial charge on any atom is 0.246 e. The molecule has 0 spiro atoms. The van der Waals surface area contributed by atoms with Crippen LogP contribution in [0.2, 0.25) is 0 Å². The van der Waals surface area contributed by atoms with E-state index in [-0.39, 0.29) is 27.8 Å². The Morgan fingerprint density at radius 1 is 1.47 bits per heavy atom. The van der Waals surface area contributed by atoms with Gasteiger partial charge in [0.25, 0.3) is 0 Å². The average Bonchev–Trinajstić information content (AvgIpc) is 2.85. The first kappa shape index (κ1) is 16.8. The first-order chi connectivity index (χ1) is 8.44. The summed E-state index contributed by atoms with van der Waals surface area (Å²) in [4.78, 5) is -0.286. The van der Waals surface area contributed by atoms with Crippen molar-refractivity contribution < 1.29 is 12.8 Å². The highest BCUT2D eigenvalue weighted by atomic mass is 79.9. The molecule has 0 radical (unpaired) electrons. The zero-order valence-electron chi connectivity index (χ0n) is 10.3. The quantitative estimate of drug-likeness (QED) is 0.881. The van der Waals surface area contributed by atoms with E-state index in [0.29, 0.717) is 6.54 Å². The fourth-order valence-electron chi connectivity index (χ4n) is 1.98. The molecule has 1 saturated heterocycles. The smallest absolute Gasteiger partial charge is 0.246 e. The second-order valence-electron chi connectivity index (χ2n) is 4.22. The van der Waals surface area contributed by atoms with Crippen molar-refractivity contribution in [3.8, 4) is 0 Å². The molecular weight excluding hydrogens is 359 g/mol. The summed E-state index contributed by atoms with van der Waals surface area (Å²) in [5.41, 5.74) is 0. The van der Waals surface area contributed by atoms with Crippen molar-refractivity contribution in [1.82, 2.24) is 9.62 Å². The van der Waals surface area contributed by atoms with Gasteiger partial charge in [-0.15, -0.1) is 12.4 Å². The van der Waals surface area contributed by atoms with Crippen LogP contribution in [0.15, 0.2) is 27.6 Å². The number of sulfonamides is 1. The Kier molecular flexibility index (Phi) is 5.76. The van der Waals surface area contributed by atoms with E-state index in [2.05, 4.69) is 21.2 Å². The molecule has 1 aromatic carbocycles. The number of likely N-dealkylation sites (N-methyl/N-ethyl adjacent to an activating group) is 1. The van der Waals surface area contributed by atoms with Gasteiger partial charge in [0.15, 0.2) is 5.82 Å². The lowest BCUT2D eigenvalue weighted by molar-refractivity contribution is 0.385. The Hall–Kier alpha value is -0.210. The predicted molar refractivity (Wildman–Crippen MR) is 77.6 cm³/mol. The average molecular weight is 374 g/mol. The van der Waals surface area contributed by atoms with E-state index >= 15 is 0 Å². The van der Waals surface area contributed by atoms with E-state index in [1.54, 1.807) is 0 Å². The second kappa shape index (κ2) is 6.49. The Labute approximate surface area is 127 Å². The van der Waals surface area contributed by atoms with Crippen molar-refractivity contribution in [3.05, 3.63) is 28.5 Å². The molecule has 1 atom stereocenters. The van der Waals surface area contributed by atoms with Crippen LogP contribution in [0.5, 0.6) is 0 Å². The molecule has 108 valence electrons. The molecule has 0 saturated carbocycles. The summed E-state index contributed by atoms with van der Waals surface area (Å²) in [5.74, 6) is -0.740. The van der Waals surface area contributed by atoms with Gasteiger partial charge in [-0.05, 0) is 41.0 Å². The summed E-state index contributed by atoms with van der Waals surface area (Å²) in [7, 11) is -2.29. The molecule has 0 bridgehead atoms. The SMILES string of the molecule is CN(C1CCNC1)S(=O)(=O)c1cccc(Br)c1F.Cl. The third kappa shape index (κ3) is 3.28. The Balaban J connectivity index is 0.00000180. The topological polar surface area (TPSA) is 49.4 Å². The van der Waals surface area contributed by atoms with Crippen LogP contribution in [-0.2, 0) is 10.0 Å². The summed E-state index contributed by atoms with van der Waals surface area (Å²) in [6.45, 7) is 1.39. The van der Waals surface area contributed by atoms with E-state index in [0.717, 1.165) is 13.0 Å². The first-order valence-electron chi connectivity index (χ1n) is 5.57. The fourth-order valence-corrected chi connectivity index (χ4v) is 3.95. The summed E-state index contributed by atoms with van der Waals surface area (Å²) in [5, 5.41) is 3.09. The van der Waals surface area contributed by atoms with E-state index in [1.165, 1.54) is 29.6 Å². The molecular formula is C11H15BrClFN2O2S. The molecule has 1 unspecified atom stereocenters. The van der Waals surface area contributed by atoms with Gasteiger partial charge in [-0.1, -0.05) is 6.07 Å². The normalized spacial score (nSPS) is 19.5. The number of nitrogens with zero attached hydrogens (tertiary/aromatic N) is 1. The third-order valence-electron chi connectivity index (χ3n) is 3.12. The van der Waals surface area contributed by atoms with Crippen LogP contribution < -0.4 is 5.32 Å². The molecule has 19 heavy (non-hydrogen) atoms. The largest absolute Gasteiger partial charge is 0.315 e. The molecule has 0 aromatic heterocycles. The maximum absolute atomic E-state index is 13.9. The summed E-state index contributed by atoms with van der Waals surface area (Å²) >= 11 is 3.00. The summed E-state index contributed by atoms with van der Waals surface area (Å²) in [6, 6.07) is 4.16. The van der Waals surface area contributed by atoms with Gasteiger partial charge >= 0.3 is 0 Å². The standard InChI is InChI=1S/C11H14BrFN2O2S.ClH/c1-15(8-5-6-14-7-8)18(16,17)10-4-2-3-9(12)11(10)13;/h2-4,8,14H,5-7H2,1H3;1H. The van der Waals surface area contributed by atoms with Crippen LogP contribution in [0.25, 0.3) is 0 Å². The molecule has 1 fully saturated rings. The molecule has 1 N–H and O–H groups in total. The minimum Gasteiger partial charge on any atom is -0.315 e. The second-order valence-corrected chi connectivity index (χ2v) is 7.04. The predicted octanol–water partition coefficient (Wildman–Crippen LogP) is 1.99. The summed E-state index contributed by atoms with van der Waals surface area (Å²) < 4.78 is 39.9. The molecule has 2 rings (SSSR count). The molecule has 1 aliphatic heterocycles. The third-order valence-corrected chi connectivity index (χ3v) is 5.66. The maximum atomic E-state index is 13.9. The van der Waals surface area contributed by atoms with Crippen LogP contribution in [0.1, 0.15) is 6.42 Å². The lowest BCUT2D eigenvalue weighted by atomic mass is 10.3. The highest BCUT2D eigenvalue weighted by Gasteiger charge is 2.32. The van der Waals surface area contributed by atoms with Crippen LogP contribution in [0.4, 0.5) is 4.39 Å². The van der Waals surface area contributed by atoms with Gasteiger partial charge in [-0.25, -0.2) is 12.8 Å². The molecule has 1 heterocycles. The molecule has 1 aromatic rings. The number of rotatable bonds is 3. The number of benzene rings is 1. The van der Waals surface area contributed by atoms with Crippen molar-refractivity contribution in [2.75, 3.05) is 20.1 Å². The van der Waals surface area contributed by atoms with Gasteiger partial charge in [0.1, 0.15) is 4.90 Å².